The fraction of sp³-hybridized carbons (Fsp3) is 1.00. The summed E-state index contributed by atoms with van der Waals surface area (Å²) in [4.78, 5) is 0. The van der Waals surface area contributed by atoms with Crippen LogP contribution in [0.4, 0.5) is 0 Å². The Kier molecular flexibility index (Phi) is 3.87. The van der Waals surface area contributed by atoms with Crippen molar-refractivity contribution < 1.29 is 5.11 Å². The number of aliphatic hydroxyl groups is 1. The van der Waals surface area contributed by atoms with Gasteiger partial charge in [-0.1, -0.05) is 19.3 Å². The average molecular weight is 157 g/mol. The lowest BCUT2D eigenvalue weighted by molar-refractivity contribution is 0.230. The molecule has 0 unspecified atom stereocenters. The molecule has 1 aliphatic rings. The van der Waals surface area contributed by atoms with Crippen molar-refractivity contribution in [2.45, 2.75) is 44.6 Å². The van der Waals surface area contributed by atoms with Crippen LogP contribution < -0.4 is 5.73 Å². The number of hydrogen-bond donors (Lipinski definition) is 2. The highest BCUT2D eigenvalue weighted by molar-refractivity contribution is 4.75. The van der Waals surface area contributed by atoms with Crippen LogP contribution in [-0.4, -0.2) is 17.8 Å². The predicted molar refractivity (Wildman–Crippen MR) is 46.3 cm³/mol. The molecule has 1 saturated carbocycles. The Morgan fingerprint density at radius 3 is 2.45 bits per heavy atom. The van der Waals surface area contributed by atoms with Crippen LogP contribution in [0.1, 0.15) is 38.5 Å². The van der Waals surface area contributed by atoms with Gasteiger partial charge in [0.1, 0.15) is 0 Å². The maximum absolute atomic E-state index is 8.69. The summed E-state index contributed by atoms with van der Waals surface area (Å²) >= 11 is 0. The van der Waals surface area contributed by atoms with Crippen LogP contribution in [0, 0.1) is 5.92 Å². The molecule has 66 valence electrons. The number of nitrogens with two attached hydrogens (primary N) is 1. The molecule has 0 bridgehead atoms. The smallest absolute Gasteiger partial charge is 0.0445 e. The SMILES string of the molecule is N[C@@H](CCO)C1CCCCC1. The van der Waals surface area contributed by atoms with E-state index in [2.05, 4.69) is 0 Å². The Labute approximate surface area is 68.8 Å². The molecule has 2 heteroatoms. The van der Waals surface area contributed by atoms with Gasteiger partial charge >= 0.3 is 0 Å². The van der Waals surface area contributed by atoms with E-state index in [9.17, 15) is 0 Å². The number of hydrogen-bond acceptors (Lipinski definition) is 2. The molecular weight excluding hydrogens is 138 g/mol. The van der Waals surface area contributed by atoms with Gasteiger partial charge in [0.25, 0.3) is 0 Å². The van der Waals surface area contributed by atoms with Gasteiger partial charge in [0.2, 0.25) is 0 Å². The molecule has 0 spiro atoms. The van der Waals surface area contributed by atoms with Crippen molar-refractivity contribution in [3.05, 3.63) is 0 Å². The van der Waals surface area contributed by atoms with E-state index in [1.807, 2.05) is 0 Å². The van der Waals surface area contributed by atoms with E-state index in [0.29, 0.717) is 5.92 Å². The minimum absolute atomic E-state index is 0.248. The van der Waals surface area contributed by atoms with Crippen molar-refractivity contribution >= 4 is 0 Å². The fourth-order valence-corrected chi connectivity index (χ4v) is 1.95. The standard InChI is InChI=1S/C9H19NO/c10-9(6-7-11)8-4-2-1-3-5-8/h8-9,11H,1-7,10H2/t9-/m0/s1. The van der Waals surface area contributed by atoms with Crippen LogP contribution in [-0.2, 0) is 0 Å². The highest BCUT2D eigenvalue weighted by Gasteiger charge is 2.19. The molecule has 0 aromatic rings. The summed E-state index contributed by atoms with van der Waals surface area (Å²) < 4.78 is 0. The summed E-state index contributed by atoms with van der Waals surface area (Å²) in [6.45, 7) is 0.248. The monoisotopic (exact) mass is 157 g/mol. The maximum Gasteiger partial charge on any atom is 0.0445 e. The van der Waals surface area contributed by atoms with Crippen molar-refractivity contribution in [2.24, 2.45) is 11.7 Å². The van der Waals surface area contributed by atoms with Crippen LogP contribution in [0.3, 0.4) is 0 Å². The molecule has 0 aromatic carbocycles. The Hall–Kier alpha value is -0.0800. The van der Waals surface area contributed by atoms with Crippen LogP contribution in [0.5, 0.6) is 0 Å². The first-order chi connectivity index (χ1) is 5.34. The van der Waals surface area contributed by atoms with E-state index < -0.39 is 0 Å². The Morgan fingerprint density at radius 2 is 1.91 bits per heavy atom. The van der Waals surface area contributed by atoms with E-state index >= 15 is 0 Å². The summed E-state index contributed by atoms with van der Waals surface area (Å²) in [5.41, 5.74) is 5.90. The first-order valence-electron chi connectivity index (χ1n) is 4.71. The lowest BCUT2D eigenvalue weighted by atomic mass is 9.83. The predicted octanol–water partition coefficient (Wildman–Crippen LogP) is 1.28. The molecule has 2 nitrogen and oxygen atoms in total. The second-order valence-corrected chi connectivity index (χ2v) is 3.57. The Bertz CT molecular complexity index is 99.7. The van der Waals surface area contributed by atoms with E-state index in [1.165, 1.54) is 32.1 Å². The second kappa shape index (κ2) is 4.73. The second-order valence-electron chi connectivity index (χ2n) is 3.57. The summed E-state index contributed by atoms with van der Waals surface area (Å²) in [6, 6.07) is 0.250. The molecule has 1 rings (SSSR count). The molecule has 11 heavy (non-hydrogen) atoms. The summed E-state index contributed by atoms with van der Waals surface area (Å²) in [5.74, 6) is 0.691. The van der Waals surface area contributed by atoms with Gasteiger partial charge in [-0.15, -0.1) is 0 Å². The highest BCUT2D eigenvalue weighted by atomic mass is 16.3. The van der Waals surface area contributed by atoms with Gasteiger partial charge in [0, 0.05) is 12.6 Å². The third-order valence-corrected chi connectivity index (χ3v) is 2.72. The van der Waals surface area contributed by atoms with Crippen molar-refractivity contribution in [1.82, 2.24) is 0 Å². The molecule has 1 atom stereocenters. The van der Waals surface area contributed by atoms with E-state index in [4.69, 9.17) is 10.8 Å². The van der Waals surface area contributed by atoms with Gasteiger partial charge in [0.05, 0.1) is 0 Å². The molecule has 0 heterocycles. The molecule has 0 saturated heterocycles. The number of aliphatic hydroxyl groups excluding tert-OH is 1. The Balaban J connectivity index is 2.21. The first-order valence-corrected chi connectivity index (χ1v) is 4.71. The zero-order valence-electron chi connectivity index (χ0n) is 7.13. The Morgan fingerprint density at radius 1 is 1.27 bits per heavy atom. The van der Waals surface area contributed by atoms with Gasteiger partial charge in [-0.05, 0) is 25.2 Å². The third kappa shape index (κ3) is 2.80. The summed E-state index contributed by atoms with van der Waals surface area (Å²) in [7, 11) is 0. The van der Waals surface area contributed by atoms with Gasteiger partial charge < -0.3 is 10.8 Å². The minimum Gasteiger partial charge on any atom is -0.396 e. The normalized spacial score (nSPS) is 23.5. The minimum atomic E-state index is 0.248. The molecule has 1 aliphatic carbocycles. The van der Waals surface area contributed by atoms with E-state index in [0.717, 1.165) is 6.42 Å². The van der Waals surface area contributed by atoms with Crippen molar-refractivity contribution in [1.29, 1.82) is 0 Å². The molecule has 1 fully saturated rings. The topological polar surface area (TPSA) is 46.2 Å². The quantitative estimate of drug-likeness (QED) is 0.648. The van der Waals surface area contributed by atoms with Crippen LogP contribution in [0.2, 0.25) is 0 Å². The summed E-state index contributed by atoms with van der Waals surface area (Å²) in [5, 5.41) is 8.69. The van der Waals surface area contributed by atoms with Crippen LogP contribution in [0.15, 0.2) is 0 Å². The zero-order chi connectivity index (χ0) is 8.10. The molecule has 0 amide bonds. The zero-order valence-corrected chi connectivity index (χ0v) is 7.13. The van der Waals surface area contributed by atoms with Gasteiger partial charge in [0.15, 0.2) is 0 Å². The molecule has 0 aliphatic heterocycles. The van der Waals surface area contributed by atoms with Crippen LogP contribution >= 0.6 is 0 Å². The van der Waals surface area contributed by atoms with Crippen molar-refractivity contribution in [3.8, 4) is 0 Å². The van der Waals surface area contributed by atoms with Crippen molar-refractivity contribution in [3.63, 3.8) is 0 Å². The number of rotatable bonds is 3. The van der Waals surface area contributed by atoms with Gasteiger partial charge in [-0.3, -0.25) is 0 Å². The van der Waals surface area contributed by atoms with E-state index in [-0.39, 0.29) is 12.6 Å². The van der Waals surface area contributed by atoms with Crippen molar-refractivity contribution in [2.75, 3.05) is 6.61 Å². The molecule has 0 radical (unpaired) electrons. The molecule has 0 aromatic heterocycles. The fourth-order valence-electron chi connectivity index (χ4n) is 1.95. The third-order valence-electron chi connectivity index (χ3n) is 2.72. The molecule has 3 N–H and O–H groups in total. The first kappa shape index (κ1) is 9.01. The largest absolute Gasteiger partial charge is 0.396 e. The van der Waals surface area contributed by atoms with Gasteiger partial charge in [-0.25, -0.2) is 0 Å². The average Bonchev–Trinajstić information content (AvgIpc) is 2.07. The van der Waals surface area contributed by atoms with E-state index in [1.54, 1.807) is 0 Å². The van der Waals surface area contributed by atoms with Crippen LogP contribution in [0.25, 0.3) is 0 Å². The molecular formula is C9H19NO. The maximum atomic E-state index is 8.69. The highest BCUT2D eigenvalue weighted by Crippen LogP contribution is 2.26. The summed E-state index contributed by atoms with van der Waals surface area (Å²) in [6.07, 6.45) is 7.39. The van der Waals surface area contributed by atoms with Gasteiger partial charge in [-0.2, -0.15) is 0 Å². The lowest BCUT2D eigenvalue weighted by Gasteiger charge is -2.26. The lowest BCUT2D eigenvalue weighted by Crippen LogP contribution is -2.32.